The van der Waals surface area contributed by atoms with Gasteiger partial charge in [0.15, 0.2) is 6.10 Å². The predicted molar refractivity (Wildman–Crippen MR) is 108 cm³/mol. The molecule has 1 heterocycles. The first-order chi connectivity index (χ1) is 14.4. The number of esters is 1. The first-order valence-corrected chi connectivity index (χ1v) is 9.48. The summed E-state index contributed by atoms with van der Waals surface area (Å²) in [5.74, 6) is -2.10. The van der Waals surface area contributed by atoms with Crippen molar-refractivity contribution >= 4 is 29.4 Å². The summed E-state index contributed by atoms with van der Waals surface area (Å²) >= 11 is 0. The van der Waals surface area contributed by atoms with Gasteiger partial charge in [-0.1, -0.05) is 18.2 Å². The molecule has 0 saturated heterocycles. The van der Waals surface area contributed by atoms with Gasteiger partial charge in [-0.15, -0.1) is 0 Å². The number of fused-ring (bicyclic) bond motifs is 1. The quantitative estimate of drug-likeness (QED) is 0.408. The van der Waals surface area contributed by atoms with Crippen LogP contribution in [0.5, 0.6) is 0 Å². The van der Waals surface area contributed by atoms with Gasteiger partial charge in [-0.3, -0.25) is 19.3 Å². The molecule has 1 N–H and O–H groups in total. The molecule has 0 unspecified atom stereocenters. The van der Waals surface area contributed by atoms with Crippen LogP contribution in [0, 0.1) is 0 Å². The molecule has 3 amide bonds. The molecule has 0 aliphatic carbocycles. The summed E-state index contributed by atoms with van der Waals surface area (Å²) in [4.78, 5) is 50.8. The van der Waals surface area contributed by atoms with Crippen molar-refractivity contribution in [2.75, 3.05) is 25.6 Å². The normalized spacial score (nSPS) is 13.7. The van der Waals surface area contributed by atoms with Crippen molar-refractivity contribution in [3.05, 3.63) is 65.2 Å². The Kier molecular flexibility index (Phi) is 6.58. The molecular weight excluding hydrogens is 388 g/mol. The van der Waals surface area contributed by atoms with Gasteiger partial charge in [-0.05, 0) is 43.7 Å². The van der Waals surface area contributed by atoms with Gasteiger partial charge in [0.1, 0.15) is 0 Å². The zero-order valence-electron chi connectivity index (χ0n) is 16.7. The van der Waals surface area contributed by atoms with E-state index < -0.39 is 29.8 Å². The second-order valence-corrected chi connectivity index (χ2v) is 6.77. The number of nitrogens with zero attached hydrogens (tertiary/aromatic N) is 1. The number of carbonyl (C=O) groups is 4. The first-order valence-electron chi connectivity index (χ1n) is 9.48. The lowest BCUT2D eigenvalue weighted by Gasteiger charge is -2.14. The van der Waals surface area contributed by atoms with E-state index in [1.807, 2.05) is 6.07 Å². The van der Waals surface area contributed by atoms with Gasteiger partial charge in [0.05, 0.1) is 16.7 Å². The van der Waals surface area contributed by atoms with Gasteiger partial charge in [-0.2, -0.15) is 0 Å². The minimum atomic E-state index is -1.05. The number of carbonyl (C=O) groups excluding carboxylic acids is 4. The van der Waals surface area contributed by atoms with Crippen molar-refractivity contribution in [2.24, 2.45) is 0 Å². The molecule has 2 aromatic carbocycles. The number of nitrogens with one attached hydrogen (secondary N) is 1. The van der Waals surface area contributed by atoms with Crippen LogP contribution in [0.4, 0.5) is 5.69 Å². The highest BCUT2D eigenvalue weighted by atomic mass is 16.5. The van der Waals surface area contributed by atoms with Crippen LogP contribution in [0.2, 0.25) is 0 Å². The predicted octanol–water partition coefficient (Wildman–Crippen LogP) is 2.50. The lowest BCUT2D eigenvalue weighted by atomic mass is 10.1. The topological polar surface area (TPSA) is 102 Å². The number of hydrogen-bond acceptors (Lipinski definition) is 6. The minimum Gasteiger partial charge on any atom is -0.449 e. The third kappa shape index (κ3) is 4.55. The Morgan fingerprint density at radius 1 is 1.03 bits per heavy atom. The van der Waals surface area contributed by atoms with Crippen LogP contribution in [0.1, 0.15) is 44.4 Å². The standard InChI is InChI=1S/C22H22N2O6/c1-14(19(25)23-16-7-4-3-5-8-16)30-22(28)15-9-10-17-18(13-15)21(27)24(20(17)26)11-6-12-29-2/h3-5,7-10,13-14H,6,11-12H2,1-2H3,(H,23,25)/t14-/m0/s1. The zero-order valence-corrected chi connectivity index (χ0v) is 16.7. The summed E-state index contributed by atoms with van der Waals surface area (Å²) < 4.78 is 10.2. The SMILES string of the molecule is COCCCN1C(=O)c2ccc(C(=O)O[C@@H](C)C(=O)Nc3ccccc3)cc2C1=O. The summed E-state index contributed by atoms with van der Waals surface area (Å²) in [5.41, 5.74) is 1.06. The fourth-order valence-corrected chi connectivity index (χ4v) is 3.04. The molecule has 1 atom stereocenters. The van der Waals surface area contributed by atoms with Crippen molar-refractivity contribution in [3.63, 3.8) is 0 Å². The molecule has 1 aliphatic rings. The fraction of sp³-hybridized carbons (Fsp3) is 0.273. The van der Waals surface area contributed by atoms with Crippen LogP contribution in [-0.2, 0) is 14.3 Å². The van der Waals surface area contributed by atoms with Crippen LogP contribution in [-0.4, -0.2) is 55.0 Å². The van der Waals surface area contributed by atoms with Crippen molar-refractivity contribution in [1.82, 2.24) is 4.90 Å². The summed E-state index contributed by atoms with van der Waals surface area (Å²) in [6, 6.07) is 13.0. The van der Waals surface area contributed by atoms with Gasteiger partial charge in [-0.25, -0.2) is 4.79 Å². The Morgan fingerprint density at radius 2 is 1.73 bits per heavy atom. The smallest absolute Gasteiger partial charge is 0.338 e. The molecule has 2 aromatic rings. The van der Waals surface area contributed by atoms with Gasteiger partial charge in [0.2, 0.25) is 0 Å². The Balaban J connectivity index is 1.66. The van der Waals surface area contributed by atoms with Crippen LogP contribution in [0.3, 0.4) is 0 Å². The third-order valence-electron chi connectivity index (χ3n) is 4.63. The molecule has 0 fully saturated rings. The van der Waals surface area contributed by atoms with Gasteiger partial charge >= 0.3 is 5.97 Å². The number of ether oxygens (including phenoxy) is 2. The molecule has 1 aliphatic heterocycles. The number of amides is 3. The van der Waals surface area contributed by atoms with E-state index in [2.05, 4.69) is 5.32 Å². The number of hydrogen-bond donors (Lipinski definition) is 1. The second kappa shape index (κ2) is 9.32. The molecule has 0 aromatic heterocycles. The molecule has 0 radical (unpaired) electrons. The monoisotopic (exact) mass is 410 g/mol. The molecule has 3 rings (SSSR count). The number of methoxy groups -OCH3 is 1. The average molecular weight is 410 g/mol. The summed E-state index contributed by atoms with van der Waals surface area (Å²) in [6.07, 6.45) is -0.529. The average Bonchev–Trinajstić information content (AvgIpc) is 2.98. The zero-order chi connectivity index (χ0) is 21.7. The van der Waals surface area contributed by atoms with E-state index in [1.165, 1.54) is 25.1 Å². The van der Waals surface area contributed by atoms with Gasteiger partial charge in [0.25, 0.3) is 17.7 Å². The Labute approximate surface area is 173 Å². The second-order valence-electron chi connectivity index (χ2n) is 6.77. The maximum Gasteiger partial charge on any atom is 0.338 e. The maximum absolute atomic E-state index is 12.6. The Bertz CT molecular complexity index is 973. The number of benzene rings is 2. The Morgan fingerprint density at radius 3 is 2.43 bits per heavy atom. The van der Waals surface area contributed by atoms with Crippen molar-refractivity contribution in [1.29, 1.82) is 0 Å². The Hall–Kier alpha value is -3.52. The lowest BCUT2D eigenvalue weighted by Crippen LogP contribution is -2.31. The minimum absolute atomic E-state index is 0.0907. The van der Waals surface area contributed by atoms with Crippen molar-refractivity contribution in [2.45, 2.75) is 19.4 Å². The summed E-state index contributed by atoms with van der Waals surface area (Å²) in [5, 5.41) is 2.65. The highest BCUT2D eigenvalue weighted by Gasteiger charge is 2.35. The number of para-hydroxylation sites is 1. The van der Waals surface area contributed by atoms with Gasteiger partial charge in [0, 0.05) is 25.9 Å². The van der Waals surface area contributed by atoms with Crippen molar-refractivity contribution in [3.8, 4) is 0 Å². The van der Waals surface area contributed by atoms with Gasteiger partial charge < -0.3 is 14.8 Å². The maximum atomic E-state index is 12.6. The molecule has 0 spiro atoms. The number of anilines is 1. The van der Waals surface area contributed by atoms with Crippen molar-refractivity contribution < 1.29 is 28.7 Å². The molecule has 30 heavy (non-hydrogen) atoms. The van der Waals surface area contributed by atoms with E-state index in [1.54, 1.807) is 31.4 Å². The lowest BCUT2D eigenvalue weighted by molar-refractivity contribution is -0.123. The highest BCUT2D eigenvalue weighted by molar-refractivity contribution is 6.22. The molecule has 156 valence electrons. The third-order valence-corrected chi connectivity index (χ3v) is 4.63. The largest absolute Gasteiger partial charge is 0.449 e. The van der Waals surface area contributed by atoms with Crippen LogP contribution >= 0.6 is 0 Å². The summed E-state index contributed by atoms with van der Waals surface area (Å²) in [6.45, 7) is 2.11. The van der Waals surface area contributed by atoms with E-state index in [-0.39, 0.29) is 23.2 Å². The van der Waals surface area contributed by atoms with E-state index >= 15 is 0 Å². The van der Waals surface area contributed by atoms with Crippen LogP contribution < -0.4 is 5.32 Å². The molecule has 8 nitrogen and oxygen atoms in total. The van der Waals surface area contributed by atoms with E-state index in [4.69, 9.17) is 9.47 Å². The highest BCUT2D eigenvalue weighted by Crippen LogP contribution is 2.24. The number of imide groups is 1. The first kappa shape index (κ1) is 21.2. The van der Waals surface area contributed by atoms with E-state index in [0.717, 1.165) is 4.90 Å². The number of rotatable bonds is 8. The summed E-state index contributed by atoms with van der Waals surface area (Å²) in [7, 11) is 1.54. The van der Waals surface area contributed by atoms with E-state index in [0.29, 0.717) is 18.7 Å². The molecule has 8 heteroatoms. The van der Waals surface area contributed by atoms with E-state index in [9.17, 15) is 19.2 Å². The molecule has 0 saturated carbocycles. The molecule has 0 bridgehead atoms. The fourth-order valence-electron chi connectivity index (χ4n) is 3.04. The van der Waals surface area contributed by atoms with Crippen LogP contribution in [0.25, 0.3) is 0 Å². The molecular formula is C22H22N2O6. The van der Waals surface area contributed by atoms with Crippen LogP contribution in [0.15, 0.2) is 48.5 Å².